The van der Waals surface area contributed by atoms with Crippen LogP contribution in [0.15, 0.2) is 29.2 Å². The van der Waals surface area contributed by atoms with Gasteiger partial charge in [0.15, 0.2) is 0 Å². The lowest BCUT2D eigenvalue weighted by Gasteiger charge is -2.42. The highest BCUT2D eigenvalue weighted by molar-refractivity contribution is 7.89. The van der Waals surface area contributed by atoms with Crippen molar-refractivity contribution in [1.82, 2.24) is 9.62 Å². The van der Waals surface area contributed by atoms with Gasteiger partial charge >= 0.3 is 5.97 Å². The SMILES string of the molecule is CCN(CC(=O)O)C1CC(NS(=O)(=O)c2ccccc2F)C1. The first-order valence-corrected chi connectivity index (χ1v) is 8.54. The molecule has 0 saturated heterocycles. The van der Waals surface area contributed by atoms with E-state index < -0.39 is 21.8 Å². The van der Waals surface area contributed by atoms with Crippen LogP contribution in [0.25, 0.3) is 0 Å². The summed E-state index contributed by atoms with van der Waals surface area (Å²) in [4.78, 5) is 12.2. The number of likely N-dealkylation sites (N-methyl/N-ethyl adjacent to an activating group) is 1. The fourth-order valence-corrected chi connectivity index (χ4v) is 3.94. The van der Waals surface area contributed by atoms with Gasteiger partial charge in [0.05, 0.1) is 6.54 Å². The fraction of sp³-hybridized carbons (Fsp3) is 0.500. The molecule has 1 aromatic carbocycles. The van der Waals surface area contributed by atoms with Gasteiger partial charge in [-0.3, -0.25) is 9.69 Å². The summed E-state index contributed by atoms with van der Waals surface area (Å²) in [7, 11) is -3.89. The van der Waals surface area contributed by atoms with Crippen LogP contribution in [0.2, 0.25) is 0 Å². The summed E-state index contributed by atoms with van der Waals surface area (Å²) in [5, 5.41) is 8.82. The van der Waals surface area contributed by atoms with Gasteiger partial charge in [0, 0.05) is 12.1 Å². The zero-order chi connectivity index (χ0) is 16.3. The molecule has 0 radical (unpaired) electrons. The monoisotopic (exact) mass is 330 g/mol. The zero-order valence-electron chi connectivity index (χ0n) is 12.2. The first-order valence-electron chi connectivity index (χ1n) is 7.06. The summed E-state index contributed by atoms with van der Waals surface area (Å²) in [5.41, 5.74) is 0. The number of hydrogen-bond donors (Lipinski definition) is 2. The molecule has 0 heterocycles. The Balaban J connectivity index is 1.95. The number of hydrogen-bond acceptors (Lipinski definition) is 4. The Morgan fingerprint density at radius 3 is 2.59 bits per heavy atom. The molecule has 122 valence electrons. The molecular formula is C14H19FN2O4S. The Morgan fingerprint density at radius 2 is 2.05 bits per heavy atom. The van der Waals surface area contributed by atoms with Crippen molar-refractivity contribution in [2.75, 3.05) is 13.1 Å². The molecule has 0 unspecified atom stereocenters. The van der Waals surface area contributed by atoms with Crippen molar-refractivity contribution >= 4 is 16.0 Å². The largest absolute Gasteiger partial charge is 0.480 e. The van der Waals surface area contributed by atoms with E-state index in [1.807, 2.05) is 6.92 Å². The molecule has 8 heteroatoms. The molecule has 0 spiro atoms. The average molecular weight is 330 g/mol. The Labute approximate surface area is 129 Å². The molecule has 22 heavy (non-hydrogen) atoms. The van der Waals surface area contributed by atoms with Gasteiger partial charge in [-0.1, -0.05) is 19.1 Å². The van der Waals surface area contributed by atoms with Gasteiger partial charge in [-0.15, -0.1) is 0 Å². The topological polar surface area (TPSA) is 86.7 Å². The molecule has 1 aliphatic rings. The minimum Gasteiger partial charge on any atom is -0.480 e. The van der Waals surface area contributed by atoms with E-state index in [1.165, 1.54) is 18.2 Å². The number of carbonyl (C=O) groups is 1. The Bertz CT molecular complexity index is 644. The van der Waals surface area contributed by atoms with Gasteiger partial charge in [0.1, 0.15) is 10.7 Å². The van der Waals surface area contributed by atoms with Crippen molar-refractivity contribution < 1.29 is 22.7 Å². The predicted molar refractivity (Wildman–Crippen MR) is 78.4 cm³/mol. The highest BCUT2D eigenvalue weighted by Crippen LogP contribution is 2.27. The molecule has 0 atom stereocenters. The number of halogens is 1. The third kappa shape index (κ3) is 3.82. The Morgan fingerprint density at radius 1 is 1.41 bits per heavy atom. The molecule has 1 aliphatic carbocycles. The number of carboxylic acids is 1. The molecule has 0 aliphatic heterocycles. The number of carboxylic acid groups (broad SMARTS) is 1. The van der Waals surface area contributed by atoms with Crippen molar-refractivity contribution in [2.24, 2.45) is 0 Å². The second-order valence-electron chi connectivity index (χ2n) is 5.33. The number of aliphatic carboxylic acids is 1. The number of nitrogens with one attached hydrogen (secondary N) is 1. The van der Waals surface area contributed by atoms with E-state index in [9.17, 15) is 17.6 Å². The molecule has 0 aromatic heterocycles. The lowest BCUT2D eigenvalue weighted by atomic mass is 9.86. The van der Waals surface area contributed by atoms with Crippen LogP contribution in [0, 0.1) is 5.82 Å². The van der Waals surface area contributed by atoms with Crippen molar-refractivity contribution in [3.8, 4) is 0 Å². The van der Waals surface area contributed by atoms with Crippen LogP contribution < -0.4 is 4.72 Å². The summed E-state index contributed by atoms with van der Waals surface area (Å²) in [5.74, 6) is -1.69. The number of benzene rings is 1. The zero-order valence-corrected chi connectivity index (χ0v) is 13.0. The highest BCUT2D eigenvalue weighted by Gasteiger charge is 2.36. The van der Waals surface area contributed by atoms with Crippen molar-refractivity contribution in [1.29, 1.82) is 0 Å². The maximum atomic E-state index is 13.6. The fourth-order valence-electron chi connectivity index (χ4n) is 2.60. The molecule has 2 rings (SSSR count). The van der Waals surface area contributed by atoms with Crippen LogP contribution in [0.4, 0.5) is 4.39 Å². The maximum Gasteiger partial charge on any atom is 0.317 e. The van der Waals surface area contributed by atoms with Crippen molar-refractivity contribution in [3.63, 3.8) is 0 Å². The minimum absolute atomic E-state index is 0.0365. The van der Waals surface area contributed by atoms with E-state index >= 15 is 0 Å². The van der Waals surface area contributed by atoms with Crippen LogP contribution in [-0.4, -0.2) is 49.6 Å². The smallest absolute Gasteiger partial charge is 0.317 e. The number of sulfonamides is 1. The second kappa shape index (κ2) is 6.72. The quantitative estimate of drug-likeness (QED) is 0.780. The normalized spacial score (nSPS) is 21.6. The summed E-state index contributed by atoms with van der Waals surface area (Å²) in [6, 6.07) is 4.96. The molecule has 2 N–H and O–H groups in total. The van der Waals surface area contributed by atoms with E-state index in [4.69, 9.17) is 5.11 Å². The summed E-state index contributed by atoms with van der Waals surface area (Å²) < 4.78 is 40.3. The lowest BCUT2D eigenvalue weighted by Crippen LogP contribution is -2.54. The molecule has 1 saturated carbocycles. The predicted octanol–water partition coefficient (Wildman–Crippen LogP) is 1.04. The van der Waals surface area contributed by atoms with Gasteiger partial charge in [-0.2, -0.15) is 0 Å². The van der Waals surface area contributed by atoms with Gasteiger partial charge in [0.2, 0.25) is 10.0 Å². The maximum absolute atomic E-state index is 13.6. The van der Waals surface area contributed by atoms with E-state index in [2.05, 4.69) is 4.72 Å². The standard InChI is InChI=1S/C14H19FN2O4S/c1-2-17(9-14(18)19)11-7-10(8-11)16-22(20,21)13-6-4-3-5-12(13)15/h3-6,10-11,16H,2,7-9H2,1H3,(H,18,19). The van der Waals surface area contributed by atoms with Crippen LogP contribution in [0.5, 0.6) is 0 Å². The van der Waals surface area contributed by atoms with Crippen LogP contribution in [0.3, 0.4) is 0 Å². The lowest BCUT2D eigenvalue weighted by molar-refractivity contribution is -0.139. The van der Waals surface area contributed by atoms with Crippen molar-refractivity contribution in [2.45, 2.75) is 36.7 Å². The molecule has 6 nitrogen and oxygen atoms in total. The highest BCUT2D eigenvalue weighted by atomic mass is 32.2. The molecule has 1 fully saturated rings. The first kappa shape index (κ1) is 16.9. The summed E-state index contributed by atoms with van der Waals surface area (Å²) in [6.45, 7) is 2.39. The third-order valence-electron chi connectivity index (χ3n) is 3.82. The third-order valence-corrected chi connectivity index (χ3v) is 5.38. The second-order valence-corrected chi connectivity index (χ2v) is 7.01. The Hall–Kier alpha value is -1.51. The molecule has 0 bridgehead atoms. The average Bonchev–Trinajstić information content (AvgIpc) is 2.40. The molecular weight excluding hydrogens is 311 g/mol. The van der Waals surface area contributed by atoms with E-state index in [-0.39, 0.29) is 23.5 Å². The van der Waals surface area contributed by atoms with Gasteiger partial charge in [-0.05, 0) is 31.5 Å². The van der Waals surface area contributed by atoms with Crippen LogP contribution in [-0.2, 0) is 14.8 Å². The van der Waals surface area contributed by atoms with Gasteiger partial charge in [-0.25, -0.2) is 17.5 Å². The first-order chi connectivity index (χ1) is 10.3. The van der Waals surface area contributed by atoms with E-state index in [1.54, 1.807) is 4.90 Å². The van der Waals surface area contributed by atoms with Crippen molar-refractivity contribution in [3.05, 3.63) is 30.1 Å². The molecule has 1 aromatic rings. The number of nitrogens with zero attached hydrogens (tertiary/aromatic N) is 1. The minimum atomic E-state index is -3.89. The number of rotatable bonds is 7. The summed E-state index contributed by atoms with van der Waals surface area (Å²) in [6.07, 6.45) is 1.05. The van der Waals surface area contributed by atoms with Crippen LogP contribution in [0.1, 0.15) is 19.8 Å². The van der Waals surface area contributed by atoms with Gasteiger partial charge < -0.3 is 5.11 Å². The summed E-state index contributed by atoms with van der Waals surface area (Å²) >= 11 is 0. The van der Waals surface area contributed by atoms with Gasteiger partial charge in [0.25, 0.3) is 0 Å². The van der Waals surface area contributed by atoms with E-state index in [0.29, 0.717) is 19.4 Å². The molecule has 0 amide bonds. The Kier molecular flexibility index (Phi) is 5.15. The van der Waals surface area contributed by atoms with E-state index in [0.717, 1.165) is 6.07 Å². The van der Waals surface area contributed by atoms with Crippen LogP contribution >= 0.6 is 0 Å².